The second-order valence-electron chi connectivity index (χ2n) is 5.61. The van der Waals surface area contributed by atoms with E-state index >= 15 is 0 Å². The van der Waals surface area contributed by atoms with E-state index < -0.39 is 0 Å². The first kappa shape index (κ1) is 17.8. The third-order valence-electron chi connectivity index (χ3n) is 3.80. The van der Waals surface area contributed by atoms with Gasteiger partial charge in [0.05, 0.1) is 13.3 Å². The maximum atomic E-state index is 11.8. The number of hydrogen-bond acceptors (Lipinski definition) is 4. The average Bonchev–Trinajstić information content (AvgIpc) is 2.96. The number of ether oxygens (including phenoxy) is 2. The number of halogens is 1. The molecule has 0 bridgehead atoms. The zero-order valence-electron chi connectivity index (χ0n) is 14.4. The lowest BCUT2D eigenvalue weighted by Gasteiger charge is -2.04. The number of methoxy groups -OCH3 is 1. The van der Waals surface area contributed by atoms with E-state index in [4.69, 9.17) is 21.1 Å². The molecule has 7 heteroatoms. The highest BCUT2D eigenvalue weighted by molar-refractivity contribution is 6.30. The lowest BCUT2D eigenvalue weighted by Crippen LogP contribution is -2.24. The number of aromatic nitrogens is 1. The maximum absolute atomic E-state index is 11.8. The standard InChI is InChI=1S/C19H18ClN3O3/c1-23-11-13(17-9-16(25-2)7-8-18(17)23)10-21-22-19(24)12-26-15-5-3-14(20)4-6-15/h3-11H,12H2,1-2H3,(H,22,24)/b21-10-. The Labute approximate surface area is 156 Å². The minimum atomic E-state index is -0.353. The Morgan fingerprint density at radius 1 is 1.23 bits per heavy atom. The molecule has 1 N–H and O–H groups in total. The molecule has 0 aliphatic rings. The highest BCUT2D eigenvalue weighted by atomic mass is 35.5. The number of carbonyl (C=O) groups is 1. The molecule has 2 aromatic carbocycles. The van der Waals surface area contributed by atoms with Crippen LogP contribution in [0.25, 0.3) is 10.9 Å². The molecule has 0 saturated heterocycles. The predicted molar refractivity (Wildman–Crippen MR) is 102 cm³/mol. The van der Waals surface area contributed by atoms with Gasteiger partial charge in [-0.15, -0.1) is 0 Å². The van der Waals surface area contributed by atoms with Crippen LogP contribution in [0.4, 0.5) is 0 Å². The van der Waals surface area contributed by atoms with E-state index in [1.165, 1.54) is 0 Å². The molecule has 0 saturated carbocycles. The number of carbonyl (C=O) groups excluding carboxylic acids is 1. The molecule has 26 heavy (non-hydrogen) atoms. The zero-order chi connectivity index (χ0) is 18.5. The first-order chi connectivity index (χ1) is 12.6. The molecule has 0 spiro atoms. The van der Waals surface area contributed by atoms with Crippen LogP contribution in [0, 0.1) is 0 Å². The van der Waals surface area contributed by atoms with Gasteiger partial charge in [-0.1, -0.05) is 11.6 Å². The average molecular weight is 372 g/mol. The molecular formula is C19H18ClN3O3. The Morgan fingerprint density at radius 2 is 1.96 bits per heavy atom. The van der Waals surface area contributed by atoms with E-state index in [0.29, 0.717) is 10.8 Å². The topological polar surface area (TPSA) is 64.8 Å². The summed E-state index contributed by atoms with van der Waals surface area (Å²) >= 11 is 5.80. The number of hydrazone groups is 1. The smallest absolute Gasteiger partial charge is 0.277 e. The molecule has 1 amide bonds. The van der Waals surface area contributed by atoms with Crippen LogP contribution in [0.2, 0.25) is 5.02 Å². The lowest BCUT2D eigenvalue weighted by molar-refractivity contribution is -0.123. The maximum Gasteiger partial charge on any atom is 0.277 e. The van der Waals surface area contributed by atoms with Crippen molar-refractivity contribution >= 4 is 34.6 Å². The summed E-state index contributed by atoms with van der Waals surface area (Å²) in [6, 6.07) is 12.6. The Hall–Kier alpha value is -2.99. The number of aryl methyl sites for hydroxylation is 1. The van der Waals surface area contributed by atoms with Crippen molar-refractivity contribution in [3.8, 4) is 11.5 Å². The molecule has 134 valence electrons. The first-order valence-corrected chi connectivity index (χ1v) is 8.28. The number of fused-ring (bicyclic) bond motifs is 1. The third-order valence-corrected chi connectivity index (χ3v) is 4.06. The predicted octanol–water partition coefficient (Wildman–Crippen LogP) is 3.37. The van der Waals surface area contributed by atoms with E-state index in [0.717, 1.165) is 22.2 Å². The highest BCUT2D eigenvalue weighted by Crippen LogP contribution is 2.24. The van der Waals surface area contributed by atoms with Gasteiger partial charge >= 0.3 is 0 Å². The van der Waals surface area contributed by atoms with Gasteiger partial charge in [0.1, 0.15) is 11.5 Å². The van der Waals surface area contributed by atoms with Gasteiger partial charge in [-0.3, -0.25) is 4.79 Å². The van der Waals surface area contributed by atoms with Gasteiger partial charge in [-0.2, -0.15) is 5.10 Å². The molecule has 0 atom stereocenters. The van der Waals surface area contributed by atoms with Gasteiger partial charge in [-0.05, 0) is 42.5 Å². The quantitative estimate of drug-likeness (QED) is 0.533. The fraction of sp³-hybridized carbons (Fsp3) is 0.158. The minimum absolute atomic E-state index is 0.137. The Kier molecular flexibility index (Phi) is 5.43. The van der Waals surface area contributed by atoms with Crippen LogP contribution in [0.3, 0.4) is 0 Å². The molecule has 0 aliphatic carbocycles. The number of benzene rings is 2. The third kappa shape index (κ3) is 4.15. The van der Waals surface area contributed by atoms with Crippen LogP contribution in [-0.2, 0) is 11.8 Å². The van der Waals surface area contributed by atoms with Crippen LogP contribution in [0.15, 0.2) is 53.8 Å². The van der Waals surface area contributed by atoms with Crippen LogP contribution in [0.5, 0.6) is 11.5 Å². The molecule has 3 aromatic rings. The van der Waals surface area contributed by atoms with Crippen LogP contribution >= 0.6 is 11.6 Å². The number of rotatable bonds is 6. The summed E-state index contributed by atoms with van der Waals surface area (Å²) in [5.41, 5.74) is 4.38. The molecular weight excluding hydrogens is 354 g/mol. The van der Waals surface area contributed by atoms with Crippen LogP contribution in [0.1, 0.15) is 5.56 Å². The summed E-state index contributed by atoms with van der Waals surface area (Å²) in [5.74, 6) is 0.974. The number of nitrogens with one attached hydrogen (secondary N) is 1. The molecule has 0 unspecified atom stereocenters. The van der Waals surface area contributed by atoms with Crippen molar-refractivity contribution in [2.75, 3.05) is 13.7 Å². The fourth-order valence-corrected chi connectivity index (χ4v) is 2.64. The molecule has 6 nitrogen and oxygen atoms in total. The van der Waals surface area contributed by atoms with Gasteiger partial charge in [0.25, 0.3) is 5.91 Å². The number of amides is 1. The van der Waals surface area contributed by atoms with Crippen molar-refractivity contribution in [3.05, 3.63) is 59.2 Å². The van der Waals surface area contributed by atoms with E-state index in [2.05, 4.69) is 10.5 Å². The molecule has 1 heterocycles. The molecule has 1 aromatic heterocycles. The van der Waals surface area contributed by atoms with Crippen molar-refractivity contribution in [2.24, 2.45) is 12.1 Å². The van der Waals surface area contributed by atoms with E-state index in [1.54, 1.807) is 37.6 Å². The van der Waals surface area contributed by atoms with E-state index in [9.17, 15) is 4.79 Å². The summed E-state index contributed by atoms with van der Waals surface area (Å²) in [4.78, 5) is 11.8. The lowest BCUT2D eigenvalue weighted by atomic mass is 10.2. The first-order valence-electron chi connectivity index (χ1n) is 7.90. The fourth-order valence-electron chi connectivity index (χ4n) is 2.52. The second kappa shape index (κ2) is 7.93. The SMILES string of the molecule is COc1ccc2c(c1)c(/C=N\NC(=O)COc1ccc(Cl)cc1)cn2C. The van der Waals surface area contributed by atoms with Gasteiger partial charge in [0.2, 0.25) is 0 Å². The van der Waals surface area contributed by atoms with Crippen molar-refractivity contribution in [1.29, 1.82) is 0 Å². The summed E-state index contributed by atoms with van der Waals surface area (Å²) in [7, 11) is 3.57. The zero-order valence-corrected chi connectivity index (χ0v) is 15.2. The van der Waals surface area contributed by atoms with Crippen LogP contribution in [-0.4, -0.2) is 30.4 Å². The second-order valence-corrected chi connectivity index (χ2v) is 6.05. The van der Waals surface area contributed by atoms with Crippen molar-refractivity contribution in [3.63, 3.8) is 0 Å². The molecule has 0 fully saturated rings. The summed E-state index contributed by atoms with van der Waals surface area (Å²) < 4.78 is 12.6. The largest absolute Gasteiger partial charge is 0.497 e. The van der Waals surface area contributed by atoms with Crippen molar-refractivity contribution in [2.45, 2.75) is 0 Å². The van der Waals surface area contributed by atoms with Gasteiger partial charge in [0, 0.05) is 34.7 Å². The van der Waals surface area contributed by atoms with Crippen molar-refractivity contribution in [1.82, 2.24) is 9.99 Å². The van der Waals surface area contributed by atoms with E-state index in [-0.39, 0.29) is 12.5 Å². The van der Waals surface area contributed by atoms with Gasteiger partial charge < -0.3 is 14.0 Å². The number of hydrogen-bond donors (Lipinski definition) is 1. The van der Waals surface area contributed by atoms with E-state index in [1.807, 2.05) is 36.0 Å². The van der Waals surface area contributed by atoms with Crippen LogP contribution < -0.4 is 14.9 Å². The summed E-state index contributed by atoms with van der Waals surface area (Å²) in [5, 5.41) is 5.60. The molecule has 3 rings (SSSR count). The molecule has 0 radical (unpaired) electrons. The summed E-state index contributed by atoms with van der Waals surface area (Å²) in [6.07, 6.45) is 3.53. The van der Waals surface area contributed by atoms with Crippen molar-refractivity contribution < 1.29 is 14.3 Å². The van der Waals surface area contributed by atoms with Gasteiger partial charge in [0.15, 0.2) is 6.61 Å². The molecule has 0 aliphatic heterocycles. The normalized spacial score (nSPS) is 11.0. The highest BCUT2D eigenvalue weighted by Gasteiger charge is 2.07. The Morgan fingerprint density at radius 3 is 2.69 bits per heavy atom. The monoisotopic (exact) mass is 371 g/mol. The minimum Gasteiger partial charge on any atom is -0.497 e. The Balaban J connectivity index is 1.62. The number of nitrogens with zero attached hydrogens (tertiary/aromatic N) is 2. The summed E-state index contributed by atoms with van der Waals surface area (Å²) in [6.45, 7) is -0.137. The Bertz CT molecular complexity index is 949. The van der Waals surface area contributed by atoms with Gasteiger partial charge in [-0.25, -0.2) is 5.43 Å².